The maximum absolute atomic E-state index is 2.19. The fraction of sp³-hybridized carbons (Fsp3) is 0.775. The first kappa shape index (κ1) is 88.6. The van der Waals surface area contributed by atoms with Crippen molar-refractivity contribution in [3.05, 3.63) is 84.9 Å². The molecule has 0 aliphatic heterocycles. The van der Waals surface area contributed by atoms with Crippen LogP contribution < -0.4 is 0 Å². The second-order valence-electron chi connectivity index (χ2n) is 27.7. The summed E-state index contributed by atoms with van der Waals surface area (Å²) in [6.45, 7) is 43.8. The van der Waals surface area contributed by atoms with E-state index >= 15 is 0 Å². The largest absolute Gasteiger partial charge is 0.0776 e. The van der Waals surface area contributed by atoms with Gasteiger partial charge < -0.3 is 0 Å². The van der Waals surface area contributed by atoms with E-state index in [4.69, 9.17) is 0 Å². The van der Waals surface area contributed by atoms with Gasteiger partial charge in [0.2, 0.25) is 0 Å². The Morgan fingerprint density at radius 1 is 0.211 bits per heavy atom. The molecule has 3 aromatic carbocycles. The number of benzene rings is 3. The first-order chi connectivity index (χ1) is 29.4. The molecule has 0 heterocycles. The zero-order valence-electron chi connectivity index (χ0n) is 47.3. The van der Waals surface area contributed by atoms with Gasteiger partial charge >= 0.3 is 0 Å². The van der Waals surface area contributed by atoms with Crippen molar-refractivity contribution in [3.63, 3.8) is 0 Å². The summed E-state index contributed by atoms with van der Waals surface area (Å²) in [6.07, 6.45) is 29.2. The Kier molecular flexibility index (Phi) is 60.9. The van der Waals surface area contributed by atoms with Crippen LogP contribution >= 0.6 is 0 Å². The molecule has 3 aromatic rings. The monoisotopic (exact) mass is 997 g/mol. The van der Waals surface area contributed by atoms with Crippen LogP contribution in [0.3, 0.4) is 0 Å². The highest BCUT2D eigenvalue weighted by Gasteiger charge is 2.29. The molecule has 0 saturated heterocycles. The summed E-state index contributed by atoms with van der Waals surface area (Å²) in [7, 11) is 0. The van der Waals surface area contributed by atoms with Crippen molar-refractivity contribution in [2.45, 2.75) is 312 Å². The molecule has 4 atom stereocenters. The first-order valence-corrected chi connectivity index (χ1v) is 26.8. The lowest BCUT2D eigenvalue weighted by Gasteiger charge is -2.24. The summed E-state index contributed by atoms with van der Waals surface area (Å²) < 4.78 is 0. The molecule has 0 aromatic heterocycles. The lowest BCUT2D eigenvalue weighted by Crippen LogP contribution is -2.12. The molecule has 8 rings (SSSR count). The Labute approximate surface area is 456 Å². The standard InChI is InChI=1S/C10H8.2C9H16.C6H6.C5H10.5C5H12.7CH4/c1-2-6-10-8-4-3-7-9(10)5-1;2*1-2-5-9-7-3-6-8(9)4-1;1-2-4-6-5-3-1;1-2-4-5-3-1;5*1-5(2,3)4;;;;;;;/h1-8H;2*8-9H,1-7H2;1-6H;1-5H2;5*1-4H3;7*1H4. The summed E-state index contributed by atoms with van der Waals surface area (Å²) in [5.41, 5.74) is 2.50. The Hall–Kier alpha value is -2.08. The topological polar surface area (TPSA) is 0 Å². The minimum atomic E-state index is 0. The van der Waals surface area contributed by atoms with Gasteiger partial charge in [0, 0.05) is 0 Å². The molecule has 0 bridgehead atoms. The quantitative estimate of drug-likeness (QED) is 0.211. The summed E-state index contributed by atoms with van der Waals surface area (Å²) >= 11 is 0. The summed E-state index contributed by atoms with van der Waals surface area (Å²) in [4.78, 5) is 0. The van der Waals surface area contributed by atoms with Crippen molar-refractivity contribution >= 4 is 10.8 Å². The number of rotatable bonds is 0. The molecule has 5 fully saturated rings. The molecule has 0 radical (unpaired) electrons. The molecule has 71 heavy (non-hydrogen) atoms. The van der Waals surface area contributed by atoms with Crippen molar-refractivity contribution in [2.24, 2.45) is 50.7 Å². The molecule has 0 nitrogen and oxygen atoms in total. The van der Waals surface area contributed by atoms with Crippen LogP contribution in [0.1, 0.15) is 312 Å². The SMILES string of the molecule is C.C.C.C.C.C.C.C1CCC2CCCC2C1.C1CCC2CCCC2C1.C1CCCC1.CC(C)(C)C.CC(C)(C)C.CC(C)(C)C.CC(C)(C)C.CC(C)(C)C.c1ccc2ccccc2c1.c1ccccc1. The second-order valence-corrected chi connectivity index (χ2v) is 27.7. The van der Waals surface area contributed by atoms with Crippen LogP contribution in [-0.4, -0.2) is 0 Å². The number of hydrogen-bond acceptors (Lipinski definition) is 0. The highest BCUT2D eigenvalue weighted by Crippen LogP contribution is 2.42. The van der Waals surface area contributed by atoms with Gasteiger partial charge in [0.1, 0.15) is 0 Å². The van der Waals surface area contributed by atoms with Crippen molar-refractivity contribution in [2.75, 3.05) is 0 Å². The molecule has 0 amide bonds. The van der Waals surface area contributed by atoms with E-state index in [9.17, 15) is 0 Å². The van der Waals surface area contributed by atoms with Gasteiger partial charge in [-0.3, -0.25) is 0 Å². The highest BCUT2D eigenvalue weighted by molar-refractivity contribution is 5.82. The summed E-state index contributed by atoms with van der Waals surface area (Å²) in [5, 5.41) is 2.62. The van der Waals surface area contributed by atoms with Gasteiger partial charge in [-0.2, -0.15) is 0 Å². The third-order valence-corrected chi connectivity index (χ3v) is 10.0. The molecule has 428 valence electrons. The van der Waals surface area contributed by atoms with E-state index in [1.54, 1.807) is 51.4 Å². The number of hydrogen-bond donors (Lipinski definition) is 0. The Balaban J connectivity index is -0.0000000863. The van der Waals surface area contributed by atoms with Gasteiger partial charge in [-0.25, -0.2) is 0 Å². The van der Waals surface area contributed by atoms with Gasteiger partial charge in [0.25, 0.3) is 0 Å². The third-order valence-electron chi connectivity index (χ3n) is 10.0. The van der Waals surface area contributed by atoms with Crippen LogP contribution in [-0.2, 0) is 0 Å². The van der Waals surface area contributed by atoms with Gasteiger partial charge in [-0.05, 0) is 61.5 Å². The van der Waals surface area contributed by atoms with Gasteiger partial charge in [0.15, 0.2) is 0 Å². The van der Waals surface area contributed by atoms with Crippen LogP contribution in [0, 0.1) is 50.7 Å². The van der Waals surface area contributed by atoms with Crippen LogP contribution in [0.25, 0.3) is 10.8 Å². The lowest BCUT2D eigenvalue weighted by atomic mass is 9.82. The van der Waals surface area contributed by atoms with Crippen LogP contribution in [0.4, 0.5) is 0 Å². The highest BCUT2D eigenvalue weighted by atomic mass is 14.3. The van der Waals surface area contributed by atoms with E-state index in [0.717, 1.165) is 0 Å². The maximum Gasteiger partial charge on any atom is -0.0184 e. The molecule has 5 aliphatic rings. The minimum Gasteiger partial charge on any atom is -0.0776 e. The van der Waals surface area contributed by atoms with Gasteiger partial charge in [-0.1, -0.05) is 397 Å². The molecular weight excluding hydrogens is 853 g/mol. The average Bonchev–Trinajstić information content (AvgIpc) is 3.98. The molecule has 0 heteroatoms. The van der Waals surface area contributed by atoms with E-state index in [2.05, 4.69) is 187 Å². The molecule has 0 spiro atoms. The van der Waals surface area contributed by atoms with Crippen molar-refractivity contribution < 1.29 is 0 Å². The van der Waals surface area contributed by atoms with Gasteiger partial charge in [-0.15, -0.1) is 0 Å². The summed E-state index contributed by atoms with van der Waals surface area (Å²) in [5.74, 6) is 4.66. The van der Waals surface area contributed by atoms with E-state index in [0.29, 0.717) is 27.1 Å². The predicted molar refractivity (Wildman–Crippen MR) is 345 cm³/mol. The van der Waals surface area contributed by atoms with E-state index in [1.165, 1.54) is 105 Å². The zero-order chi connectivity index (χ0) is 49.3. The molecule has 5 aliphatic carbocycles. The van der Waals surface area contributed by atoms with E-state index < -0.39 is 0 Å². The molecule has 4 unspecified atom stereocenters. The third kappa shape index (κ3) is 79.5. The fourth-order valence-electron chi connectivity index (χ4n) is 7.78. The molecular formula is C71H144. The minimum absolute atomic E-state index is 0. The average molecular weight is 998 g/mol. The van der Waals surface area contributed by atoms with Crippen molar-refractivity contribution in [3.8, 4) is 0 Å². The second kappa shape index (κ2) is 48.8. The normalized spacial score (nSPS) is 18.8. The van der Waals surface area contributed by atoms with Crippen molar-refractivity contribution in [1.29, 1.82) is 0 Å². The Morgan fingerprint density at radius 2 is 0.338 bits per heavy atom. The van der Waals surface area contributed by atoms with Crippen molar-refractivity contribution in [1.82, 2.24) is 0 Å². The Bertz CT molecular complexity index is 1170. The maximum atomic E-state index is 2.19. The van der Waals surface area contributed by atoms with Crippen LogP contribution in [0.5, 0.6) is 0 Å². The summed E-state index contributed by atoms with van der Waals surface area (Å²) in [6, 6.07) is 28.7. The van der Waals surface area contributed by atoms with E-state index in [-0.39, 0.29) is 52.0 Å². The van der Waals surface area contributed by atoms with Gasteiger partial charge in [0.05, 0.1) is 0 Å². The van der Waals surface area contributed by atoms with Crippen LogP contribution in [0.15, 0.2) is 84.9 Å². The smallest absolute Gasteiger partial charge is 0.0184 e. The fourth-order valence-corrected chi connectivity index (χ4v) is 7.78. The Morgan fingerprint density at radius 3 is 0.479 bits per heavy atom. The number of fused-ring (bicyclic) bond motifs is 3. The lowest BCUT2D eigenvalue weighted by molar-refractivity contribution is 0.277. The molecule has 0 N–H and O–H groups in total. The zero-order valence-corrected chi connectivity index (χ0v) is 47.3. The first-order valence-electron chi connectivity index (χ1n) is 26.8. The van der Waals surface area contributed by atoms with Crippen LogP contribution in [0.2, 0.25) is 0 Å². The van der Waals surface area contributed by atoms with E-state index in [1.807, 2.05) is 36.4 Å². The molecule has 5 saturated carbocycles. The predicted octanol–water partition coefficient (Wildman–Crippen LogP) is 27.1.